The molecule has 0 radical (unpaired) electrons. The predicted molar refractivity (Wildman–Crippen MR) is 122 cm³/mol. The van der Waals surface area contributed by atoms with E-state index in [4.69, 9.17) is 29.3 Å². The monoisotopic (exact) mass is 566 g/mol. The van der Waals surface area contributed by atoms with Crippen molar-refractivity contribution in [3.8, 4) is 0 Å². The van der Waals surface area contributed by atoms with Gasteiger partial charge in [0.05, 0.1) is 19.8 Å². The smallest absolute Gasteiger partial charge is 0.475 e. The van der Waals surface area contributed by atoms with Crippen LogP contribution >= 0.6 is 11.3 Å². The molecule has 37 heavy (non-hydrogen) atoms. The lowest BCUT2D eigenvalue weighted by molar-refractivity contribution is -0.193. The lowest BCUT2D eigenvalue weighted by Gasteiger charge is -2.31. The highest BCUT2D eigenvalue weighted by molar-refractivity contribution is 7.09. The van der Waals surface area contributed by atoms with Crippen LogP contribution in [0.3, 0.4) is 0 Å². The third-order valence-corrected chi connectivity index (χ3v) is 6.45. The number of nitrogens with zero attached hydrogens (tertiary/aromatic N) is 2. The first kappa shape index (κ1) is 33.1. The number of alkyl halides is 6. The third-order valence-electron chi connectivity index (χ3n) is 5.59. The average Bonchev–Trinajstić information content (AvgIpc) is 3.36. The molecule has 3 heterocycles. The standard InChI is InChI=1S/C18H30N2O2S.2C2HF3O2/c1-15(2)19(3)10-16-9-18(22-12-16)13-20(6-7-21-14-18)11-17-5-4-8-23-17;2*3-2(4,5)1(6)7/h4-5,8,15-16H,6-7,9-14H2,1-3H3;2*(H,6,7). The molecule has 2 N–H and O–H groups in total. The summed E-state index contributed by atoms with van der Waals surface area (Å²) in [5.41, 5.74) is -0.101. The molecule has 15 heteroatoms. The van der Waals surface area contributed by atoms with Crippen LogP contribution in [0, 0.1) is 5.92 Å². The average molecular weight is 567 g/mol. The highest BCUT2D eigenvalue weighted by atomic mass is 32.1. The van der Waals surface area contributed by atoms with E-state index in [1.54, 1.807) is 0 Å². The van der Waals surface area contributed by atoms with Crippen molar-refractivity contribution in [1.29, 1.82) is 0 Å². The summed E-state index contributed by atoms with van der Waals surface area (Å²) in [5.74, 6) is -4.90. The summed E-state index contributed by atoms with van der Waals surface area (Å²) in [5, 5.41) is 16.4. The summed E-state index contributed by atoms with van der Waals surface area (Å²) in [6, 6.07) is 4.94. The molecule has 2 unspecified atom stereocenters. The van der Waals surface area contributed by atoms with E-state index >= 15 is 0 Å². The van der Waals surface area contributed by atoms with Crippen LogP contribution in [0.4, 0.5) is 26.3 Å². The van der Waals surface area contributed by atoms with Gasteiger partial charge in [-0.05, 0) is 44.7 Å². The van der Waals surface area contributed by atoms with Crippen molar-refractivity contribution in [2.24, 2.45) is 5.92 Å². The van der Waals surface area contributed by atoms with Crippen molar-refractivity contribution in [2.75, 3.05) is 46.5 Å². The van der Waals surface area contributed by atoms with Gasteiger partial charge in [-0.15, -0.1) is 11.3 Å². The van der Waals surface area contributed by atoms with Crippen molar-refractivity contribution in [3.63, 3.8) is 0 Å². The Morgan fingerprint density at radius 1 is 1.19 bits per heavy atom. The van der Waals surface area contributed by atoms with Crippen molar-refractivity contribution in [3.05, 3.63) is 22.4 Å². The molecule has 0 amide bonds. The van der Waals surface area contributed by atoms with Crippen LogP contribution < -0.4 is 0 Å². The Morgan fingerprint density at radius 3 is 2.22 bits per heavy atom. The lowest BCUT2D eigenvalue weighted by atomic mass is 9.93. The van der Waals surface area contributed by atoms with E-state index in [9.17, 15) is 26.3 Å². The van der Waals surface area contributed by atoms with E-state index in [1.807, 2.05) is 11.3 Å². The quantitative estimate of drug-likeness (QED) is 0.517. The maximum atomic E-state index is 10.6. The summed E-state index contributed by atoms with van der Waals surface area (Å²) in [6.45, 7) is 11.1. The van der Waals surface area contributed by atoms with Gasteiger partial charge in [0.15, 0.2) is 0 Å². The summed E-state index contributed by atoms with van der Waals surface area (Å²) in [7, 11) is 2.21. The summed E-state index contributed by atoms with van der Waals surface area (Å²) >= 11 is 1.84. The first-order valence-corrected chi connectivity index (χ1v) is 12.1. The molecule has 214 valence electrons. The second kappa shape index (κ2) is 14.3. The minimum absolute atomic E-state index is 0.101. The molecule has 1 aromatic heterocycles. The van der Waals surface area contributed by atoms with Crippen LogP contribution in [0.15, 0.2) is 17.5 Å². The molecular formula is C22H32F6N2O6S. The van der Waals surface area contributed by atoms with Gasteiger partial charge in [-0.25, -0.2) is 9.59 Å². The first-order chi connectivity index (χ1) is 16.9. The SMILES string of the molecule is CC(C)N(C)CC1COC2(COCCN(Cc3cccs3)C2)C1.O=C(O)C(F)(F)F.O=C(O)C(F)(F)F. The predicted octanol–water partition coefficient (Wildman–Crippen LogP) is 3.96. The number of halogens is 6. The largest absolute Gasteiger partial charge is 0.490 e. The molecule has 0 aliphatic carbocycles. The van der Waals surface area contributed by atoms with E-state index in [0.29, 0.717) is 12.0 Å². The molecule has 2 fully saturated rings. The zero-order valence-corrected chi connectivity index (χ0v) is 21.5. The molecule has 2 aliphatic heterocycles. The second-order valence-electron chi connectivity index (χ2n) is 9.05. The van der Waals surface area contributed by atoms with E-state index in [0.717, 1.165) is 52.4 Å². The Hall–Kier alpha value is -1.94. The molecule has 1 spiro atoms. The second-order valence-corrected chi connectivity index (χ2v) is 10.1. The molecule has 2 saturated heterocycles. The molecule has 1 aromatic rings. The van der Waals surface area contributed by atoms with Gasteiger partial charge in [0.2, 0.25) is 0 Å². The molecule has 0 saturated carbocycles. The summed E-state index contributed by atoms with van der Waals surface area (Å²) < 4.78 is 75.7. The van der Waals surface area contributed by atoms with E-state index in [-0.39, 0.29) is 5.60 Å². The van der Waals surface area contributed by atoms with Gasteiger partial charge in [-0.1, -0.05) is 6.07 Å². The topological polar surface area (TPSA) is 99.5 Å². The molecule has 0 aromatic carbocycles. The zero-order chi connectivity index (χ0) is 28.4. The zero-order valence-electron chi connectivity index (χ0n) is 20.6. The molecular weight excluding hydrogens is 534 g/mol. The number of thiophene rings is 1. The minimum Gasteiger partial charge on any atom is -0.475 e. The van der Waals surface area contributed by atoms with Gasteiger partial charge in [0.25, 0.3) is 0 Å². The van der Waals surface area contributed by atoms with Gasteiger partial charge in [-0.3, -0.25) is 4.90 Å². The third kappa shape index (κ3) is 12.4. The number of carboxylic acid groups (broad SMARTS) is 2. The van der Waals surface area contributed by atoms with Crippen LogP contribution in [-0.2, 0) is 25.6 Å². The molecule has 2 atom stereocenters. The number of hydrogen-bond donors (Lipinski definition) is 2. The first-order valence-electron chi connectivity index (χ1n) is 11.2. The van der Waals surface area contributed by atoms with Gasteiger partial charge in [0.1, 0.15) is 5.60 Å². The number of hydrogen-bond acceptors (Lipinski definition) is 7. The van der Waals surface area contributed by atoms with Gasteiger partial charge < -0.3 is 24.6 Å². The molecule has 8 nitrogen and oxygen atoms in total. The minimum atomic E-state index is -5.08. The fourth-order valence-corrected chi connectivity index (χ4v) is 4.37. The highest BCUT2D eigenvalue weighted by Gasteiger charge is 2.43. The van der Waals surface area contributed by atoms with Crippen LogP contribution in [-0.4, -0.2) is 102 Å². The van der Waals surface area contributed by atoms with Gasteiger partial charge in [-0.2, -0.15) is 26.3 Å². The maximum absolute atomic E-state index is 10.6. The Bertz CT molecular complexity index is 813. The number of rotatable bonds is 5. The molecule has 3 rings (SSSR count). The fraction of sp³-hybridized carbons (Fsp3) is 0.727. The molecule has 2 aliphatic rings. The summed E-state index contributed by atoms with van der Waals surface area (Å²) in [4.78, 5) is 24.2. The Morgan fingerprint density at radius 2 is 1.76 bits per heavy atom. The van der Waals surface area contributed by atoms with E-state index < -0.39 is 24.3 Å². The van der Waals surface area contributed by atoms with Crippen LogP contribution in [0.2, 0.25) is 0 Å². The maximum Gasteiger partial charge on any atom is 0.490 e. The lowest BCUT2D eigenvalue weighted by Crippen LogP contribution is -2.44. The van der Waals surface area contributed by atoms with Crippen LogP contribution in [0.25, 0.3) is 0 Å². The number of carbonyl (C=O) groups is 2. The fourth-order valence-electron chi connectivity index (χ4n) is 3.63. The Labute approximate surface area is 214 Å². The number of carboxylic acids is 2. The van der Waals surface area contributed by atoms with E-state index in [1.165, 1.54) is 4.88 Å². The highest BCUT2D eigenvalue weighted by Crippen LogP contribution is 2.34. The van der Waals surface area contributed by atoms with Crippen molar-refractivity contribution in [2.45, 2.75) is 50.8 Å². The van der Waals surface area contributed by atoms with Crippen LogP contribution in [0.5, 0.6) is 0 Å². The van der Waals surface area contributed by atoms with Gasteiger partial charge in [0, 0.05) is 37.1 Å². The van der Waals surface area contributed by atoms with Crippen LogP contribution in [0.1, 0.15) is 25.1 Å². The Kier molecular flexibility index (Phi) is 12.8. The normalized spacial score (nSPS) is 22.7. The number of aliphatic carboxylic acids is 2. The number of ether oxygens (including phenoxy) is 2. The van der Waals surface area contributed by atoms with Gasteiger partial charge >= 0.3 is 24.3 Å². The van der Waals surface area contributed by atoms with Crippen molar-refractivity contribution in [1.82, 2.24) is 9.80 Å². The van der Waals surface area contributed by atoms with Crippen molar-refractivity contribution < 1.29 is 55.6 Å². The summed E-state index contributed by atoms with van der Waals surface area (Å²) in [6.07, 6.45) is -9.05. The van der Waals surface area contributed by atoms with E-state index in [2.05, 4.69) is 48.2 Å². The van der Waals surface area contributed by atoms with Crippen molar-refractivity contribution >= 4 is 23.3 Å². The molecule has 0 bridgehead atoms. The Balaban J connectivity index is 0.000000404.